The van der Waals surface area contributed by atoms with E-state index in [1.807, 2.05) is 37.3 Å². The van der Waals surface area contributed by atoms with E-state index in [0.29, 0.717) is 29.2 Å². The maximum atomic E-state index is 13.0. The Kier molecular flexibility index (Phi) is 7.87. The summed E-state index contributed by atoms with van der Waals surface area (Å²) >= 11 is 0. The summed E-state index contributed by atoms with van der Waals surface area (Å²) < 4.78 is 29.4. The molecule has 0 saturated carbocycles. The average Bonchev–Trinajstić information content (AvgIpc) is 2.90. The Morgan fingerprint density at radius 1 is 0.889 bits per heavy atom. The van der Waals surface area contributed by atoms with Crippen molar-refractivity contribution in [3.8, 4) is 17.2 Å². The number of hydrogen-bond donors (Lipinski definition) is 1. The summed E-state index contributed by atoms with van der Waals surface area (Å²) in [5.41, 5.74) is 3.27. The third-order valence-electron chi connectivity index (χ3n) is 5.10. The van der Waals surface area contributed by atoms with Crippen LogP contribution in [0.15, 0.2) is 90.0 Å². The number of benzene rings is 4. The molecule has 7 nitrogen and oxygen atoms in total. The predicted molar refractivity (Wildman–Crippen MR) is 134 cm³/mol. The first-order valence-electron chi connectivity index (χ1n) is 11.2. The minimum atomic E-state index is -0.542. The van der Waals surface area contributed by atoms with Crippen LogP contribution in [0.4, 0.5) is 4.39 Å². The van der Waals surface area contributed by atoms with Crippen LogP contribution in [-0.4, -0.2) is 31.3 Å². The van der Waals surface area contributed by atoms with Gasteiger partial charge in [0, 0.05) is 5.56 Å². The topological polar surface area (TPSA) is 86.2 Å². The van der Waals surface area contributed by atoms with E-state index in [1.54, 1.807) is 30.3 Å². The second-order valence-electron chi connectivity index (χ2n) is 7.58. The summed E-state index contributed by atoms with van der Waals surface area (Å²) in [7, 11) is 0. The van der Waals surface area contributed by atoms with Gasteiger partial charge in [-0.15, -0.1) is 0 Å². The number of esters is 1. The minimum Gasteiger partial charge on any atom is -0.494 e. The molecule has 4 rings (SSSR count). The normalized spacial score (nSPS) is 10.8. The molecule has 0 aliphatic carbocycles. The Balaban J connectivity index is 1.48. The van der Waals surface area contributed by atoms with Gasteiger partial charge in [0.15, 0.2) is 6.61 Å². The zero-order chi connectivity index (χ0) is 25.3. The van der Waals surface area contributed by atoms with Gasteiger partial charge < -0.3 is 14.2 Å². The van der Waals surface area contributed by atoms with Gasteiger partial charge in [0.05, 0.1) is 18.4 Å². The molecule has 0 radical (unpaired) electrons. The van der Waals surface area contributed by atoms with Crippen molar-refractivity contribution in [2.24, 2.45) is 5.10 Å². The number of amides is 1. The lowest BCUT2D eigenvalue weighted by Gasteiger charge is -2.11. The molecular formula is C28H23FN2O5. The SMILES string of the molecule is CCOc1ccc(C(=O)Oc2ccc3ccccc3c2/C=N/NC(=O)COc2ccc(F)cc2)cc1. The van der Waals surface area contributed by atoms with Gasteiger partial charge in [-0.3, -0.25) is 4.79 Å². The van der Waals surface area contributed by atoms with Crippen LogP contribution in [0, 0.1) is 5.82 Å². The van der Waals surface area contributed by atoms with E-state index in [2.05, 4.69) is 10.5 Å². The van der Waals surface area contributed by atoms with E-state index in [1.165, 1.54) is 30.5 Å². The van der Waals surface area contributed by atoms with Crippen molar-refractivity contribution in [2.75, 3.05) is 13.2 Å². The molecule has 0 bridgehead atoms. The molecule has 0 unspecified atom stereocenters. The van der Waals surface area contributed by atoms with E-state index in [-0.39, 0.29) is 12.4 Å². The van der Waals surface area contributed by atoms with E-state index in [4.69, 9.17) is 14.2 Å². The number of nitrogens with zero attached hydrogens (tertiary/aromatic N) is 1. The highest BCUT2D eigenvalue weighted by atomic mass is 19.1. The molecule has 36 heavy (non-hydrogen) atoms. The maximum absolute atomic E-state index is 13.0. The molecule has 0 fully saturated rings. The quantitative estimate of drug-likeness (QED) is 0.154. The van der Waals surface area contributed by atoms with Crippen molar-refractivity contribution in [1.29, 1.82) is 0 Å². The largest absolute Gasteiger partial charge is 0.494 e. The lowest BCUT2D eigenvalue weighted by molar-refractivity contribution is -0.123. The smallest absolute Gasteiger partial charge is 0.343 e. The molecule has 0 aliphatic rings. The molecule has 8 heteroatoms. The highest BCUT2D eigenvalue weighted by Gasteiger charge is 2.14. The molecule has 0 aliphatic heterocycles. The summed E-state index contributed by atoms with van der Waals surface area (Å²) in [5.74, 6) is -0.151. The highest BCUT2D eigenvalue weighted by Crippen LogP contribution is 2.27. The van der Waals surface area contributed by atoms with E-state index >= 15 is 0 Å². The number of carbonyl (C=O) groups excluding carboxylic acids is 2. The van der Waals surface area contributed by atoms with E-state index in [9.17, 15) is 14.0 Å². The highest BCUT2D eigenvalue weighted by molar-refractivity contribution is 6.04. The predicted octanol–water partition coefficient (Wildman–Crippen LogP) is 5.13. The summed E-state index contributed by atoms with van der Waals surface area (Å²) in [6, 6.07) is 23.0. The molecule has 0 saturated heterocycles. The number of rotatable bonds is 9. The van der Waals surface area contributed by atoms with Crippen LogP contribution in [0.2, 0.25) is 0 Å². The molecule has 0 spiro atoms. The van der Waals surface area contributed by atoms with Crippen molar-refractivity contribution in [2.45, 2.75) is 6.92 Å². The zero-order valence-corrected chi connectivity index (χ0v) is 19.4. The molecule has 1 amide bonds. The molecule has 182 valence electrons. The summed E-state index contributed by atoms with van der Waals surface area (Å²) in [5, 5.41) is 5.71. The fraction of sp³-hybridized carbons (Fsp3) is 0.107. The van der Waals surface area contributed by atoms with Gasteiger partial charge in [-0.2, -0.15) is 5.10 Å². The average molecular weight is 486 g/mol. The van der Waals surface area contributed by atoms with Gasteiger partial charge in [-0.25, -0.2) is 14.6 Å². The van der Waals surface area contributed by atoms with Gasteiger partial charge in [0.2, 0.25) is 0 Å². The fourth-order valence-corrected chi connectivity index (χ4v) is 3.39. The van der Waals surface area contributed by atoms with Gasteiger partial charge in [-0.1, -0.05) is 30.3 Å². The minimum absolute atomic E-state index is 0.285. The summed E-state index contributed by atoms with van der Waals surface area (Å²) in [4.78, 5) is 24.9. The Bertz CT molecular complexity index is 1390. The van der Waals surface area contributed by atoms with Crippen LogP contribution >= 0.6 is 0 Å². The molecule has 4 aromatic rings. The third-order valence-corrected chi connectivity index (χ3v) is 5.10. The molecule has 0 atom stereocenters. The first kappa shape index (κ1) is 24.4. The first-order chi connectivity index (χ1) is 17.5. The number of halogens is 1. The number of hydrogen-bond acceptors (Lipinski definition) is 6. The molecule has 1 N–H and O–H groups in total. The van der Waals surface area contributed by atoms with Crippen LogP contribution in [0.5, 0.6) is 17.2 Å². The molecule has 0 aromatic heterocycles. The maximum Gasteiger partial charge on any atom is 0.343 e. The number of fused-ring (bicyclic) bond motifs is 1. The Morgan fingerprint density at radius 3 is 2.33 bits per heavy atom. The molecule has 0 heterocycles. The van der Waals surface area contributed by atoms with Crippen LogP contribution in [0.3, 0.4) is 0 Å². The van der Waals surface area contributed by atoms with E-state index < -0.39 is 17.7 Å². The lowest BCUT2D eigenvalue weighted by atomic mass is 10.0. The van der Waals surface area contributed by atoms with Gasteiger partial charge in [0.25, 0.3) is 5.91 Å². The van der Waals surface area contributed by atoms with Crippen molar-refractivity contribution >= 4 is 28.9 Å². The van der Waals surface area contributed by atoms with Crippen LogP contribution in [0.25, 0.3) is 10.8 Å². The zero-order valence-electron chi connectivity index (χ0n) is 19.4. The Labute approximate surface area is 207 Å². The lowest BCUT2D eigenvalue weighted by Crippen LogP contribution is -2.24. The van der Waals surface area contributed by atoms with Crippen molar-refractivity contribution < 1.29 is 28.2 Å². The summed E-state index contributed by atoms with van der Waals surface area (Å²) in [6.07, 6.45) is 1.42. The second kappa shape index (κ2) is 11.6. The fourth-order valence-electron chi connectivity index (χ4n) is 3.39. The van der Waals surface area contributed by atoms with E-state index in [0.717, 1.165) is 10.8 Å². The van der Waals surface area contributed by atoms with Gasteiger partial charge in [-0.05, 0) is 72.3 Å². The van der Waals surface area contributed by atoms with Gasteiger partial charge >= 0.3 is 5.97 Å². The van der Waals surface area contributed by atoms with Crippen LogP contribution < -0.4 is 19.6 Å². The first-order valence-corrected chi connectivity index (χ1v) is 11.2. The Morgan fingerprint density at radius 2 is 1.58 bits per heavy atom. The van der Waals surface area contributed by atoms with Crippen LogP contribution in [0.1, 0.15) is 22.8 Å². The van der Waals surface area contributed by atoms with Crippen molar-refractivity contribution in [1.82, 2.24) is 5.43 Å². The molecular weight excluding hydrogens is 463 g/mol. The second-order valence-corrected chi connectivity index (χ2v) is 7.58. The van der Waals surface area contributed by atoms with Gasteiger partial charge in [0.1, 0.15) is 23.1 Å². The van der Waals surface area contributed by atoms with Crippen molar-refractivity contribution in [3.05, 3.63) is 102 Å². The number of nitrogens with one attached hydrogen (secondary N) is 1. The Hall–Kier alpha value is -4.72. The standard InChI is InChI=1S/C28H23FN2O5/c1-2-34-22-12-7-20(8-13-22)28(33)36-26-16-9-19-5-3-4-6-24(19)25(26)17-30-31-27(32)18-35-23-14-10-21(29)11-15-23/h3-17H,2,18H2,1H3,(H,31,32)/b30-17+. The van der Waals surface area contributed by atoms with Crippen LogP contribution in [-0.2, 0) is 4.79 Å². The number of ether oxygens (including phenoxy) is 3. The monoisotopic (exact) mass is 486 g/mol. The number of hydrazone groups is 1. The number of carbonyl (C=O) groups is 2. The van der Waals surface area contributed by atoms with Crippen molar-refractivity contribution in [3.63, 3.8) is 0 Å². The third kappa shape index (κ3) is 6.24. The molecule has 4 aromatic carbocycles. The summed E-state index contributed by atoms with van der Waals surface area (Å²) in [6.45, 7) is 2.10.